The van der Waals surface area contributed by atoms with Crippen molar-refractivity contribution in [1.82, 2.24) is 5.17 Å². The lowest BCUT2D eigenvalue weighted by Crippen LogP contribution is -2.21. The Balaban J connectivity index is 0. The first kappa shape index (κ1) is 24.3. The highest BCUT2D eigenvalue weighted by molar-refractivity contribution is 7.75. The van der Waals surface area contributed by atoms with Gasteiger partial charge in [-0.1, -0.05) is 24.6 Å². The summed E-state index contributed by atoms with van der Waals surface area (Å²) in [6.07, 6.45) is 3.40. The standard InChI is InChI=1S/C8H12O4.C6H7N.CH6N2OS/c9-6-4-2-1-3-5-7(10)8(11)12;7-6-4-2-1-3-5-6;1-3(2)4-5/h6H,1-5H2,(H,11,12);1-5H,7H2;5H,2H2,1H3. The molecule has 5 N–H and O–H groups in total. The largest absolute Gasteiger partial charge is 0.476 e. The Labute approximate surface area is 147 Å². The van der Waals surface area contributed by atoms with Crippen molar-refractivity contribution >= 4 is 36.6 Å². The SMILES string of the molecule is CN(N)OS.Nc1ccccc1.O=CCCCCCC(=O)C(=O)O. The summed E-state index contributed by atoms with van der Waals surface area (Å²) < 4.78 is 4.06. The number of carbonyl (C=O) groups excluding carboxylic acids is 2. The van der Waals surface area contributed by atoms with E-state index in [2.05, 4.69) is 17.2 Å². The van der Waals surface area contributed by atoms with E-state index in [0.717, 1.165) is 30.0 Å². The molecule has 1 aromatic carbocycles. The molecule has 0 heterocycles. The highest BCUT2D eigenvalue weighted by Gasteiger charge is 2.09. The van der Waals surface area contributed by atoms with Crippen LogP contribution in [0.15, 0.2) is 30.3 Å². The molecule has 0 atom stereocenters. The number of hydrogen-bond acceptors (Lipinski definition) is 8. The molecular weight excluding hydrogens is 334 g/mol. The second-order valence-corrected chi connectivity index (χ2v) is 4.70. The number of aldehydes is 1. The summed E-state index contributed by atoms with van der Waals surface area (Å²) in [6.45, 7) is 0. The zero-order valence-corrected chi connectivity index (χ0v) is 14.5. The predicted molar refractivity (Wildman–Crippen MR) is 94.7 cm³/mol. The monoisotopic (exact) mass is 359 g/mol. The van der Waals surface area contributed by atoms with E-state index in [-0.39, 0.29) is 6.42 Å². The van der Waals surface area contributed by atoms with Crippen LogP contribution >= 0.6 is 12.9 Å². The molecule has 0 saturated carbocycles. The number of nitrogen functional groups attached to an aromatic ring is 1. The van der Waals surface area contributed by atoms with Gasteiger partial charge in [0.1, 0.15) is 6.29 Å². The van der Waals surface area contributed by atoms with Crippen molar-refractivity contribution in [1.29, 1.82) is 0 Å². The molecule has 0 fully saturated rings. The molecule has 9 heteroatoms. The number of hydrogen-bond donors (Lipinski definition) is 4. The fraction of sp³-hybridized carbons (Fsp3) is 0.400. The Bertz CT molecular complexity index is 458. The molecule has 0 aromatic heterocycles. The first-order valence-corrected chi connectivity index (χ1v) is 7.51. The van der Waals surface area contributed by atoms with Crippen LogP contribution in [0, 0.1) is 0 Å². The normalized spacial score (nSPS) is 9.17. The van der Waals surface area contributed by atoms with Gasteiger partial charge in [-0.25, -0.2) is 14.9 Å². The molecule has 136 valence electrons. The molecule has 0 aliphatic heterocycles. The van der Waals surface area contributed by atoms with Crippen molar-refractivity contribution in [2.24, 2.45) is 5.84 Å². The number of rotatable bonds is 8. The number of hydroxylamine groups is 1. The number of anilines is 1. The number of nitrogens with two attached hydrogens (primary N) is 2. The van der Waals surface area contributed by atoms with Crippen LogP contribution in [-0.4, -0.2) is 35.4 Å². The zero-order valence-electron chi connectivity index (χ0n) is 13.6. The van der Waals surface area contributed by atoms with Crippen LogP contribution in [0.2, 0.25) is 0 Å². The molecule has 0 radical (unpaired) electrons. The Morgan fingerprint density at radius 3 is 2.12 bits per heavy atom. The van der Waals surface area contributed by atoms with E-state index in [9.17, 15) is 14.4 Å². The van der Waals surface area contributed by atoms with Crippen molar-refractivity contribution in [3.05, 3.63) is 30.3 Å². The van der Waals surface area contributed by atoms with E-state index in [1.54, 1.807) is 0 Å². The summed E-state index contributed by atoms with van der Waals surface area (Å²) in [5.41, 5.74) is 6.18. The van der Waals surface area contributed by atoms with Crippen molar-refractivity contribution < 1.29 is 23.8 Å². The molecule has 0 unspecified atom stereocenters. The number of carboxylic acids is 1. The van der Waals surface area contributed by atoms with Gasteiger partial charge in [-0.05, 0) is 25.0 Å². The summed E-state index contributed by atoms with van der Waals surface area (Å²) in [4.78, 5) is 30.4. The number of ketones is 1. The highest BCUT2D eigenvalue weighted by atomic mass is 32.1. The predicted octanol–water partition coefficient (Wildman–Crippen LogP) is 1.63. The van der Waals surface area contributed by atoms with Gasteiger partial charge in [-0.15, -0.1) is 5.17 Å². The van der Waals surface area contributed by atoms with Crippen molar-refractivity contribution in [3.63, 3.8) is 0 Å². The summed E-state index contributed by atoms with van der Waals surface area (Å²) in [7, 11) is 1.53. The van der Waals surface area contributed by atoms with E-state index in [1.165, 1.54) is 7.05 Å². The smallest absolute Gasteiger partial charge is 0.372 e. The minimum absolute atomic E-state index is 0.0776. The number of para-hydroxylation sites is 1. The summed E-state index contributed by atoms with van der Waals surface area (Å²) >= 11 is 3.32. The number of Topliss-reactive ketones (excluding diaryl/α,β-unsaturated/α-hetero) is 1. The molecule has 1 aromatic rings. The topological polar surface area (TPSA) is 136 Å². The number of thiol groups is 1. The molecule has 0 aliphatic carbocycles. The quantitative estimate of drug-likeness (QED) is 0.0803. The van der Waals surface area contributed by atoms with Crippen LogP contribution in [0.25, 0.3) is 0 Å². The van der Waals surface area contributed by atoms with E-state index in [1.807, 2.05) is 30.3 Å². The first-order chi connectivity index (χ1) is 11.3. The lowest BCUT2D eigenvalue weighted by atomic mass is 10.1. The van der Waals surface area contributed by atoms with E-state index in [4.69, 9.17) is 16.7 Å². The minimum atomic E-state index is -1.37. The molecule has 24 heavy (non-hydrogen) atoms. The molecule has 0 amide bonds. The van der Waals surface area contributed by atoms with Gasteiger partial charge < -0.3 is 15.6 Å². The van der Waals surface area contributed by atoms with Gasteiger partial charge in [0.2, 0.25) is 5.78 Å². The number of hydrazine groups is 1. The summed E-state index contributed by atoms with van der Waals surface area (Å²) in [5, 5.41) is 9.17. The Morgan fingerprint density at radius 2 is 1.79 bits per heavy atom. The molecular formula is C15H25N3O5S. The number of aliphatic carboxylic acids is 1. The Morgan fingerprint density at radius 1 is 1.25 bits per heavy atom. The van der Waals surface area contributed by atoms with Crippen molar-refractivity contribution in [2.75, 3.05) is 12.8 Å². The molecule has 0 bridgehead atoms. The van der Waals surface area contributed by atoms with Crippen LogP contribution in [0.4, 0.5) is 5.69 Å². The van der Waals surface area contributed by atoms with Gasteiger partial charge in [-0.3, -0.25) is 4.79 Å². The zero-order chi connectivity index (χ0) is 18.8. The molecule has 0 aliphatic rings. The van der Waals surface area contributed by atoms with Gasteiger partial charge in [-0.2, -0.15) is 0 Å². The van der Waals surface area contributed by atoms with Crippen LogP contribution < -0.4 is 11.6 Å². The Hall–Kier alpha value is -1.94. The number of benzene rings is 1. The Kier molecular flexibility index (Phi) is 17.6. The number of nitrogens with zero attached hydrogens (tertiary/aromatic N) is 1. The molecule has 0 saturated heterocycles. The van der Waals surface area contributed by atoms with Crippen molar-refractivity contribution in [2.45, 2.75) is 32.1 Å². The molecule has 8 nitrogen and oxygen atoms in total. The van der Waals surface area contributed by atoms with Gasteiger partial charge in [0.05, 0.1) is 0 Å². The highest BCUT2D eigenvalue weighted by Crippen LogP contribution is 2.02. The third-order valence-electron chi connectivity index (χ3n) is 2.39. The summed E-state index contributed by atoms with van der Waals surface area (Å²) in [5.74, 6) is 2.71. The van der Waals surface area contributed by atoms with Gasteiger partial charge in [0.25, 0.3) is 0 Å². The molecule has 0 spiro atoms. The van der Waals surface area contributed by atoms with Crippen LogP contribution in [-0.2, 0) is 18.7 Å². The number of unbranched alkanes of at least 4 members (excludes halogenated alkanes) is 3. The lowest BCUT2D eigenvalue weighted by molar-refractivity contribution is -0.149. The number of carbonyl (C=O) groups is 3. The minimum Gasteiger partial charge on any atom is -0.476 e. The average molecular weight is 359 g/mol. The maximum Gasteiger partial charge on any atom is 0.372 e. The van der Waals surface area contributed by atoms with Crippen LogP contribution in [0.1, 0.15) is 32.1 Å². The maximum atomic E-state index is 10.5. The lowest BCUT2D eigenvalue weighted by Gasteiger charge is -1.98. The average Bonchev–Trinajstić information content (AvgIpc) is 2.56. The third kappa shape index (κ3) is 20.1. The molecule has 1 rings (SSSR count). The van der Waals surface area contributed by atoms with Crippen LogP contribution in [0.3, 0.4) is 0 Å². The first-order valence-electron chi connectivity index (χ1n) is 7.15. The van der Waals surface area contributed by atoms with Crippen molar-refractivity contribution in [3.8, 4) is 0 Å². The second-order valence-electron chi connectivity index (χ2n) is 4.53. The third-order valence-corrected chi connectivity index (χ3v) is 2.65. The van der Waals surface area contributed by atoms with Gasteiger partial charge in [0.15, 0.2) is 0 Å². The van der Waals surface area contributed by atoms with E-state index in [0.29, 0.717) is 12.8 Å². The fourth-order valence-electron chi connectivity index (χ4n) is 1.25. The second kappa shape index (κ2) is 17.4. The van der Waals surface area contributed by atoms with E-state index >= 15 is 0 Å². The van der Waals surface area contributed by atoms with Crippen LogP contribution in [0.5, 0.6) is 0 Å². The maximum absolute atomic E-state index is 10.5. The summed E-state index contributed by atoms with van der Waals surface area (Å²) in [6, 6.07) is 9.49. The van der Waals surface area contributed by atoms with Gasteiger partial charge in [0, 0.05) is 38.5 Å². The number of carboxylic acid groups (broad SMARTS) is 1. The fourth-order valence-corrected chi connectivity index (χ4v) is 1.25. The van der Waals surface area contributed by atoms with E-state index < -0.39 is 11.8 Å². The van der Waals surface area contributed by atoms with Gasteiger partial charge >= 0.3 is 5.97 Å².